The van der Waals surface area contributed by atoms with Gasteiger partial charge in [0.25, 0.3) is 5.91 Å². The van der Waals surface area contributed by atoms with Crippen LogP contribution in [0.15, 0.2) is 59.3 Å². The number of aromatic nitrogens is 1. The number of halogens is 1. The molecule has 0 saturated heterocycles. The van der Waals surface area contributed by atoms with E-state index in [0.29, 0.717) is 22.9 Å². The molecule has 2 aromatic heterocycles. The van der Waals surface area contributed by atoms with Crippen LogP contribution in [0.2, 0.25) is 5.02 Å². The number of furan rings is 1. The topological polar surface area (TPSA) is 67.2 Å². The molecule has 122 valence electrons. The quantitative estimate of drug-likeness (QED) is 0.717. The average Bonchev–Trinajstić information content (AvgIpc) is 3.10. The van der Waals surface area contributed by atoms with Gasteiger partial charge in [-0.25, -0.2) is 4.98 Å². The van der Waals surface area contributed by atoms with E-state index in [0.717, 1.165) is 17.0 Å². The Kier molecular flexibility index (Phi) is 4.82. The number of anilines is 2. The van der Waals surface area contributed by atoms with Crippen LogP contribution in [-0.4, -0.2) is 10.9 Å². The Morgan fingerprint density at radius 2 is 2.04 bits per heavy atom. The zero-order valence-electron chi connectivity index (χ0n) is 13.0. The summed E-state index contributed by atoms with van der Waals surface area (Å²) in [4.78, 5) is 16.4. The van der Waals surface area contributed by atoms with Gasteiger partial charge in [-0.3, -0.25) is 4.79 Å². The predicted octanol–water partition coefficient (Wildman–Crippen LogP) is 4.50. The minimum Gasteiger partial charge on any atom is -0.467 e. The zero-order chi connectivity index (χ0) is 16.9. The van der Waals surface area contributed by atoms with Crippen LogP contribution in [-0.2, 0) is 6.54 Å². The molecule has 3 aromatic rings. The molecule has 0 aliphatic carbocycles. The molecule has 2 heterocycles. The fourth-order valence-corrected chi connectivity index (χ4v) is 2.28. The maximum absolute atomic E-state index is 12.2. The van der Waals surface area contributed by atoms with Crippen molar-refractivity contribution in [2.24, 2.45) is 0 Å². The molecule has 0 saturated carbocycles. The third kappa shape index (κ3) is 3.94. The van der Waals surface area contributed by atoms with Gasteiger partial charge in [-0.05, 0) is 48.9 Å². The third-order valence-corrected chi connectivity index (χ3v) is 3.88. The van der Waals surface area contributed by atoms with Gasteiger partial charge in [0.2, 0.25) is 0 Å². The number of amides is 1. The van der Waals surface area contributed by atoms with E-state index in [1.54, 1.807) is 36.7 Å². The summed E-state index contributed by atoms with van der Waals surface area (Å²) in [6, 6.07) is 12.6. The molecule has 0 atom stereocenters. The van der Waals surface area contributed by atoms with Crippen LogP contribution in [0.5, 0.6) is 0 Å². The molecule has 1 amide bonds. The Hall–Kier alpha value is -2.79. The number of hydrogen-bond donors (Lipinski definition) is 2. The third-order valence-electron chi connectivity index (χ3n) is 3.47. The predicted molar refractivity (Wildman–Crippen MR) is 94.4 cm³/mol. The van der Waals surface area contributed by atoms with Crippen LogP contribution in [0.25, 0.3) is 0 Å². The molecule has 2 N–H and O–H groups in total. The van der Waals surface area contributed by atoms with Gasteiger partial charge in [0, 0.05) is 10.7 Å². The van der Waals surface area contributed by atoms with Crippen LogP contribution in [0.4, 0.5) is 11.4 Å². The van der Waals surface area contributed by atoms with Crippen molar-refractivity contribution < 1.29 is 9.21 Å². The number of benzene rings is 1. The fraction of sp³-hybridized carbons (Fsp3) is 0.111. The molecule has 0 unspecified atom stereocenters. The van der Waals surface area contributed by atoms with Crippen LogP contribution in [0.1, 0.15) is 21.8 Å². The van der Waals surface area contributed by atoms with E-state index >= 15 is 0 Å². The highest BCUT2D eigenvalue weighted by atomic mass is 35.5. The van der Waals surface area contributed by atoms with E-state index in [-0.39, 0.29) is 5.91 Å². The lowest BCUT2D eigenvalue weighted by Gasteiger charge is -2.08. The number of carbonyl (C=O) groups excluding carboxylic acids is 1. The van der Waals surface area contributed by atoms with Crippen LogP contribution < -0.4 is 10.6 Å². The van der Waals surface area contributed by atoms with E-state index in [1.165, 1.54) is 0 Å². The number of rotatable bonds is 5. The molecule has 1 aromatic carbocycles. The van der Waals surface area contributed by atoms with Crippen molar-refractivity contribution in [2.75, 3.05) is 10.6 Å². The van der Waals surface area contributed by atoms with Gasteiger partial charge in [0.1, 0.15) is 11.5 Å². The van der Waals surface area contributed by atoms with Crippen molar-refractivity contribution in [1.29, 1.82) is 0 Å². The number of nitrogens with one attached hydrogen (secondary N) is 2. The smallest absolute Gasteiger partial charge is 0.274 e. The minimum atomic E-state index is -0.285. The second-order valence-corrected chi connectivity index (χ2v) is 5.69. The maximum atomic E-state index is 12.2. The first-order valence-corrected chi connectivity index (χ1v) is 7.79. The minimum absolute atomic E-state index is 0.285. The first kappa shape index (κ1) is 16.1. The number of aryl methyl sites for hydroxylation is 1. The molecule has 0 aliphatic heterocycles. The van der Waals surface area contributed by atoms with E-state index in [9.17, 15) is 4.79 Å². The molecular weight excluding hydrogens is 326 g/mol. The van der Waals surface area contributed by atoms with Crippen molar-refractivity contribution in [3.8, 4) is 0 Å². The summed E-state index contributed by atoms with van der Waals surface area (Å²) in [5.41, 5.74) is 2.73. The summed E-state index contributed by atoms with van der Waals surface area (Å²) in [6.07, 6.45) is 3.24. The lowest BCUT2D eigenvalue weighted by Crippen LogP contribution is -2.13. The average molecular weight is 342 g/mol. The van der Waals surface area contributed by atoms with Crippen molar-refractivity contribution >= 4 is 28.9 Å². The van der Waals surface area contributed by atoms with Crippen LogP contribution >= 0.6 is 11.6 Å². The first-order valence-electron chi connectivity index (χ1n) is 7.41. The van der Waals surface area contributed by atoms with Gasteiger partial charge in [0.05, 0.1) is 24.7 Å². The maximum Gasteiger partial charge on any atom is 0.274 e. The lowest BCUT2D eigenvalue weighted by atomic mass is 10.2. The normalized spacial score (nSPS) is 10.4. The Labute approximate surface area is 144 Å². The summed E-state index contributed by atoms with van der Waals surface area (Å²) in [5.74, 6) is 0.542. The number of pyridine rings is 1. The molecule has 0 fully saturated rings. The van der Waals surface area contributed by atoms with Crippen molar-refractivity contribution in [2.45, 2.75) is 13.5 Å². The highest BCUT2D eigenvalue weighted by molar-refractivity contribution is 6.31. The highest BCUT2D eigenvalue weighted by Gasteiger charge is 2.08. The Morgan fingerprint density at radius 3 is 2.71 bits per heavy atom. The molecule has 6 heteroatoms. The monoisotopic (exact) mass is 341 g/mol. The van der Waals surface area contributed by atoms with Gasteiger partial charge in [-0.15, -0.1) is 0 Å². The van der Waals surface area contributed by atoms with E-state index in [1.807, 2.05) is 25.1 Å². The Bertz CT molecular complexity index is 830. The van der Waals surface area contributed by atoms with Crippen molar-refractivity contribution in [1.82, 2.24) is 4.98 Å². The fourth-order valence-electron chi connectivity index (χ4n) is 2.10. The van der Waals surface area contributed by atoms with Gasteiger partial charge < -0.3 is 15.1 Å². The van der Waals surface area contributed by atoms with Gasteiger partial charge >= 0.3 is 0 Å². The van der Waals surface area contributed by atoms with Gasteiger partial charge in [0.15, 0.2) is 0 Å². The second kappa shape index (κ2) is 7.19. The van der Waals surface area contributed by atoms with E-state index in [2.05, 4.69) is 15.6 Å². The van der Waals surface area contributed by atoms with Crippen LogP contribution in [0.3, 0.4) is 0 Å². The molecule has 0 radical (unpaired) electrons. The molecular formula is C18H16ClN3O2. The standard InChI is InChI=1S/C18H16ClN3O2/c1-12-4-5-13(9-16(12)19)22-18(23)17-7-6-14(10-21-17)20-11-15-3-2-8-24-15/h2-10,20H,11H2,1H3,(H,22,23). The Balaban J connectivity index is 1.61. The summed E-state index contributed by atoms with van der Waals surface area (Å²) in [5, 5.41) is 6.56. The molecule has 0 spiro atoms. The van der Waals surface area contributed by atoms with Crippen molar-refractivity contribution in [3.05, 3.63) is 77.0 Å². The SMILES string of the molecule is Cc1ccc(NC(=O)c2ccc(NCc3ccco3)cn2)cc1Cl. The molecule has 0 bridgehead atoms. The Morgan fingerprint density at radius 1 is 1.21 bits per heavy atom. The zero-order valence-corrected chi connectivity index (χ0v) is 13.8. The van der Waals surface area contributed by atoms with Gasteiger partial charge in [-0.2, -0.15) is 0 Å². The molecule has 24 heavy (non-hydrogen) atoms. The summed E-state index contributed by atoms with van der Waals surface area (Å²) < 4.78 is 5.24. The number of nitrogens with zero attached hydrogens (tertiary/aromatic N) is 1. The number of carbonyl (C=O) groups is 1. The number of hydrogen-bond acceptors (Lipinski definition) is 4. The lowest BCUT2D eigenvalue weighted by molar-refractivity contribution is 0.102. The van der Waals surface area contributed by atoms with E-state index < -0.39 is 0 Å². The molecule has 5 nitrogen and oxygen atoms in total. The molecule has 0 aliphatic rings. The highest BCUT2D eigenvalue weighted by Crippen LogP contribution is 2.20. The largest absolute Gasteiger partial charge is 0.467 e. The first-order chi connectivity index (χ1) is 11.6. The van der Waals surface area contributed by atoms with Crippen LogP contribution in [0, 0.1) is 6.92 Å². The summed E-state index contributed by atoms with van der Waals surface area (Å²) in [7, 11) is 0. The van der Waals surface area contributed by atoms with Crippen molar-refractivity contribution in [3.63, 3.8) is 0 Å². The summed E-state index contributed by atoms with van der Waals surface area (Å²) in [6.45, 7) is 2.46. The van der Waals surface area contributed by atoms with Gasteiger partial charge in [-0.1, -0.05) is 17.7 Å². The van der Waals surface area contributed by atoms with E-state index in [4.69, 9.17) is 16.0 Å². The molecule has 3 rings (SSSR count). The summed E-state index contributed by atoms with van der Waals surface area (Å²) >= 11 is 6.06. The second-order valence-electron chi connectivity index (χ2n) is 5.28.